The minimum absolute atomic E-state index is 0.0529. The van der Waals surface area contributed by atoms with Crippen molar-refractivity contribution in [3.63, 3.8) is 0 Å². The topological polar surface area (TPSA) is 46.9 Å². The number of aromatic nitrogens is 2. The third kappa shape index (κ3) is 3.95. The molecule has 0 aliphatic rings. The standard InChI is InChI=1S/C16H21N3O/c1-12-5-4-6-15(9-12)11-16(20)17-7-8-19-14(3)10-13(2)18-19/h4-6,9-10H,7-8,11H2,1-3H3,(H,17,20). The van der Waals surface area contributed by atoms with Crippen molar-refractivity contribution >= 4 is 5.91 Å². The van der Waals surface area contributed by atoms with E-state index in [0.717, 1.165) is 17.0 Å². The summed E-state index contributed by atoms with van der Waals surface area (Å²) in [6.45, 7) is 7.34. The fourth-order valence-corrected chi connectivity index (χ4v) is 2.27. The molecule has 0 aliphatic heterocycles. The van der Waals surface area contributed by atoms with Gasteiger partial charge in [0.2, 0.25) is 5.91 Å². The fourth-order valence-electron chi connectivity index (χ4n) is 2.27. The highest BCUT2D eigenvalue weighted by Gasteiger charge is 2.04. The van der Waals surface area contributed by atoms with Crippen molar-refractivity contribution in [2.24, 2.45) is 0 Å². The Morgan fingerprint density at radius 1 is 1.25 bits per heavy atom. The molecule has 0 bridgehead atoms. The quantitative estimate of drug-likeness (QED) is 0.906. The van der Waals surface area contributed by atoms with Gasteiger partial charge >= 0.3 is 0 Å². The van der Waals surface area contributed by atoms with Crippen molar-refractivity contribution in [2.45, 2.75) is 33.7 Å². The maximum Gasteiger partial charge on any atom is 0.224 e. The lowest BCUT2D eigenvalue weighted by Gasteiger charge is -2.07. The Kier molecular flexibility index (Phi) is 4.56. The van der Waals surface area contributed by atoms with Crippen LogP contribution in [0.1, 0.15) is 22.5 Å². The van der Waals surface area contributed by atoms with Crippen molar-refractivity contribution in [3.05, 3.63) is 52.8 Å². The third-order valence-corrected chi connectivity index (χ3v) is 3.20. The summed E-state index contributed by atoms with van der Waals surface area (Å²) in [6, 6.07) is 10.1. The molecular formula is C16H21N3O. The van der Waals surface area contributed by atoms with Gasteiger partial charge in [0.25, 0.3) is 0 Å². The molecule has 0 unspecified atom stereocenters. The normalized spacial score (nSPS) is 10.6. The molecule has 0 spiro atoms. The molecule has 2 rings (SSSR count). The highest BCUT2D eigenvalue weighted by Crippen LogP contribution is 2.04. The number of aryl methyl sites for hydroxylation is 3. The van der Waals surface area contributed by atoms with Crippen molar-refractivity contribution in [1.29, 1.82) is 0 Å². The molecule has 4 nitrogen and oxygen atoms in total. The predicted molar refractivity (Wildman–Crippen MR) is 79.6 cm³/mol. The van der Waals surface area contributed by atoms with E-state index in [1.54, 1.807) is 0 Å². The zero-order chi connectivity index (χ0) is 14.5. The molecule has 0 atom stereocenters. The lowest BCUT2D eigenvalue weighted by Crippen LogP contribution is -2.29. The first-order chi connectivity index (χ1) is 9.54. The number of hydrogen-bond donors (Lipinski definition) is 1. The lowest BCUT2D eigenvalue weighted by atomic mass is 10.1. The molecule has 0 fully saturated rings. The van der Waals surface area contributed by atoms with Crippen molar-refractivity contribution in [1.82, 2.24) is 15.1 Å². The molecule has 0 saturated heterocycles. The van der Waals surface area contributed by atoms with E-state index in [2.05, 4.69) is 10.4 Å². The second-order valence-electron chi connectivity index (χ2n) is 5.17. The van der Waals surface area contributed by atoms with E-state index in [-0.39, 0.29) is 5.91 Å². The molecule has 106 valence electrons. The minimum atomic E-state index is 0.0529. The Bertz CT molecular complexity index is 602. The largest absolute Gasteiger partial charge is 0.354 e. The van der Waals surface area contributed by atoms with E-state index >= 15 is 0 Å². The highest BCUT2D eigenvalue weighted by atomic mass is 16.1. The first kappa shape index (κ1) is 14.3. The number of nitrogens with zero attached hydrogens (tertiary/aromatic N) is 2. The number of rotatable bonds is 5. The third-order valence-electron chi connectivity index (χ3n) is 3.20. The highest BCUT2D eigenvalue weighted by molar-refractivity contribution is 5.78. The van der Waals surface area contributed by atoms with Gasteiger partial charge in [-0.05, 0) is 32.4 Å². The number of nitrogens with one attached hydrogen (secondary N) is 1. The van der Waals surface area contributed by atoms with Gasteiger partial charge in [-0.15, -0.1) is 0 Å². The van der Waals surface area contributed by atoms with Crippen LogP contribution in [-0.2, 0) is 17.8 Å². The van der Waals surface area contributed by atoms with E-state index in [1.165, 1.54) is 5.56 Å². The van der Waals surface area contributed by atoms with Gasteiger partial charge in [0.05, 0.1) is 18.7 Å². The molecule has 1 aromatic carbocycles. The van der Waals surface area contributed by atoms with Crippen LogP contribution in [-0.4, -0.2) is 22.2 Å². The van der Waals surface area contributed by atoms with Crippen LogP contribution in [0.2, 0.25) is 0 Å². The molecule has 20 heavy (non-hydrogen) atoms. The van der Waals surface area contributed by atoms with Crippen LogP contribution in [0.5, 0.6) is 0 Å². The molecule has 0 radical (unpaired) electrons. The van der Waals surface area contributed by atoms with Crippen LogP contribution in [0.25, 0.3) is 0 Å². The molecule has 2 aromatic rings. The zero-order valence-electron chi connectivity index (χ0n) is 12.3. The van der Waals surface area contributed by atoms with Gasteiger partial charge in [-0.2, -0.15) is 5.10 Å². The Labute approximate surface area is 119 Å². The van der Waals surface area contributed by atoms with Gasteiger partial charge in [0.15, 0.2) is 0 Å². The Balaban J connectivity index is 1.79. The lowest BCUT2D eigenvalue weighted by molar-refractivity contribution is -0.120. The van der Waals surface area contributed by atoms with Crippen LogP contribution in [0, 0.1) is 20.8 Å². The summed E-state index contributed by atoms with van der Waals surface area (Å²) < 4.78 is 1.92. The number of carbonyl (C=O) groups excluding carboxylic acids is 1. The van der Waals surface area contributed by atoms with Crippen molar-refractivity contribution in [3.8, 4) is 0 Å². The summed E-state index contributed by atoms with van der Waals surface area (Å²) in [5, 5.41) is 7.30. The Morgan fingerprint density at radius 3 is 2.70 bits per heavy atom. The van der Waals surface area contributed by atoms with Crippen LogP contribution in [0.4, 0.5) is 0 Å². The van der Waals surface area contributed by atoms with Gasteiger partial charge in [-0.25, -0.2) is 0 Å². The minimum Gasteiger partial charge on any atom is -0.354 e. The van der Waals surface area contributed by atoms with Crippen LogP contribution >= 0.6 is 0 Å². The first-order valence-electron chi connectivity index (χ1n) is 6.88. The summed E-state index contributed by atoms with van der Waals surface area (Å²) in [7, 11) is 0. The smallest absolute Gasteiger partial charge is 0.224 e. The second-order valence-corrected chi connectivity index (χ2v) is 5.17. The van der Waals surface area contributed by atoms with E-state index in [0.29, 0.717) is 19.5 Å². The molecule has 1 heterocycles. The number of amides is 1. The van der Waals surface area contributed by atoms with Crippen LogP contribution < -0.4 is 5.32 Å². The van der Waals surface area contributed by atoms with Gasteiger partial charge in [-0.1, -0.05) is 29.8 Å². The maximum absolute atomic E-state index is 11.9. The maximum atomic E-state index is 11.9. The summed E-state index contributed by atoms with van der Waals surface area (Å²) >= 11 is 0. The second kappa shape index (κ2) is 6.37. The molecule has 0 saturated carbocycles. The molecule has 4 heteroatoms. The van der Waals surface area contributed by atoms with Gasteiger partial charge < -0.3 is 5.32 Å². The van der Waals surface area contributed by atoms with E-state index < -0.39 is 0 Å². The van der Waals surface area contributed by atoms with E-state index in [1.807, 2.05) is 55.8 Å². The number of benzene rings is 1. The van der Waals surface area contributed by atoms with Gasteiger partial charge in [-0.3, -0.25) is 9.48 Å². The summed E-state index contributed by atoms with van der Waals surface area (Å²) in [5.74, 6) is 0.0529. The molecule has 1 amide bonds. The van der Waals surface area contributed by atoms with Gasteiger partial charge in [0.1, 0.15) is 0 Å². The monoisotopic (exact) mass is 271 g/mol. The zero-order valence-corrected chi connectivity index (χ0v) is 12.3. The fraction of sp³-hybridized carbons (Fsp3) is 0.375. The van der Waals surface area contributed by atoms with Crippen molar-refractivity contribution < 1.29 is 4.79 Å². The Morgan fingerprint density at radius 2 is 2.05 bits per heavy atom. The molecule has 0 aliphatic carbocycles. The summed E-state index contributed by atoms with van der Waals surface area (Å²) in [6.07, 6.45) is 0.429. The molecule has 1 aromatic heterocycles. The molecule has 1 N–H and O–H groups in total. The predicted octanol–water partition coefficient (Wildman–Crippen LogP) is 2.17. The molecular weight excluding hydrogens is 250 g/mol. The van der Waals surface area contributed by atoms with E-state index in [4.69, 9.17) is 0 Å². The number of carbonyl (C=O) groups is 1. The van der Waals surface area contributed by atoms with Crippen LogP contribution in [0.3, 0.4) is 0 Å². The van der Waals surface area contributed by atoms with E-state index in [9.17, 15) is 4.79 Å². The van der Waals surface area contributed by atoms with Gasteiger partial charge in [0, 0.05) is 12.2 Å². The number of hydrogen-bond acceptors (Lipinski definition) is 2. The van der Waals surface area contributed by atoms with Crippen LogP contribution in [0.15, 0.2) is 30.3 Å². The summed E-state index contributed by atoms with van der Waals surface area (Å²) in [5.41, 5.74) is 4.36. The summed E-state index contributed by atoms with van der Waals surface area (Å²) in [4.78, 5) is 11.9. The van der Waals surface area contributed by atoms with Crippen molar-refractivity contribution in [2.75, 3.05) is 6.54 Å². The average Bonchev–Trinajstić information content (AvgIpc) is 2.68. The Hall–Kier alpha value is -2.10. The SMILES string of the molecule is Cc1cccc(CC(=O)NCCn2nc(C)cc2C)c1. The average molecular weight is 271 g/mol. The first-order valence-corrected chi connectivity index (χ1v) is 6.88.